The minimum Gasteiger partial charge on any atom is -0.362 e. The summed E-state index contributed by atoms with van der Waals surface area (Å²) < 4.78 is 0. The zero-order valence-corrected chi connectivity index (χ0v) is 32.8. The molecule has 0 bridgehead atoms. The summed E-state index contributed by atoms with van der Waals surface area (Å²) in [5, 5.41) is 0. The number of nitrogens with zero attached hydrogens (tertiary/aromatic N) is 3. The topological polar surface area (TPSA) is 9.72 Å². The van der Waals surface area contributed by atoms with E-state index in [0.29, 0.717) is 0 Å². The van der Waals surface area contributed by atoms with Crippen molar-refractivity contribution in [2.45, 2.75) is 164 Å². The molecule has 3 heteroatoms. The van der Waals surface area contributed by atoms with Crippen LogP contribution in [0.25, 0.3) is 0 Å². The summed E-state index contributed by atoms with van der Waals surface area (Å²) in [5.41, 5.74) is 7.69. The average Bonchev–Trinajstić information content (AvgIpc) is 2.82. The van der Waals surface area contributed by atoms with E-state index in [-0.39, 0.29) is 39.2 Å². The standard InChI is InChI=1S/C43H67N3/c1-38(2,3)44(39(4,5)6)34-25-19-31(20-26-34)37(32-21-27-35(28-22-32)45(40(7,8)9)41(10,11)12)33-23-29-36(30-24-33)46(42(13,14)15)43(16,17)18/h19-30,37H,1-18H3. The fourth-order valence-corrected chi connectivity index (χ4v) is 8.37. The van der Waals surface area contributed by atoms with Gasteiger partial charge in [0.1, 0.15) is 0 Å². The number of anilines is 3. The second-order valence-electron chi connectivity index (χ2n) is 19.2. The van der Waals surface area contributed by atoms with E-state index in [9.17, 15) is 0 Å². The molecule has 0 saturated carbocycles. The molecule has 254 valence electrons. The Morgan fingerprint density at radius 2 is 0.435 bits per heavy atom. The van der Waals surface area contributed by atoms with Gasteiger partial charge in [0.25, 0.3) is 0 Å². The van der Waals surface area contributed by atoms with E-state index in [4.69, 9.17) is 0 Å². The van der Waals surface area contributed by atoms with Crippen LogP contribution in [-0.2, 0) is 0 Å². The van der Waals surface area contributed by atoms with Crippen LogP contribution in [0.1, 0.15) is 147 Å². The van der Waals surface area contributed by atoms with E-state index < -0.39 is 0 Å². The highest BCUT2D eigenvalue weighted by Crippen LogP contribution is 2.40. The molecule has 0 aliphatic rings. The van der Waals surface area contributed by atoms with Crippen molar-refractivity contribution in [3.05, 3.63) is 89.5 Å². The molecule has 0 aliphatic heterocycles. The Balaban J connectivity index is 2.19. The summed E-state index contributed by atoms with van der Waals surface area (Å²) in [6.07, 6.45) is 0. The van der Waals surface area contributed by atoms with Crippen molar-refractivity contribution in [2.75, 3.05) is 14.7 Å². The molecule has 0 spiro atoms. The van der Waals surface area contributed by atoms with Crippen LogP contribution in [0.3, 0.4) is 0 Å². The molecule has 3 nitrogen and oxygen atoms in total. The predicted octanol–water partition coefficient (Wildman–Crippen LogP) is 12.1. The molecule has 3 rings (SSSR count). The first kappa shape index (κ1) is 37.5. The van der Waals surface area contributed by atoms with E-state index in [0.717, 1.165) is 0 Å². The highest BCUT2D eigenvalue weighted by atomic mass is 15.3. The van der Waals surface area contributed by atoms with Crippen molar-refractivity contribution < 1.29 is 0 Å². The Hall–Kier alpha value is -2.94. The quantitative estimate of drug-likeness (QED) is 0.252. The van der Waals surface area contributed by atoms with Gasteiger partial charge in [0.15, 0.2) is 0 Å². The molecule has 0 atom stereocenters. The Labute approximate surface area is 284 Å². The van der Waals surface area contributed by atoms with Gasteiger partial charge in [-0.05, 0) is 178 Å². The molecule has 0 saturated heterocycles. The van der Waals surface area contributed by atoms with Crippen molar-refractivity contribution >= 4 is 17.1 Å². The SMILES string of the molecule is CC(C)(C)N(c1ccc(C(c2ccc(N(C(C)(C)C)C(C)(C)C)cc2)c2ccc(N(C(C)(C)C)C(C)(C)C)cc2)cc1)C(C)(C)C. The summed E-state index contributed by atoms with van der Waals surface area (Å²) >= 11 is 0. The third kappa shape index (κ3) is 8.69. The van der Waals surface area contributed by atoms with Gasteiger partial charge in [-0.25, -0.2) is 0 Å². The lowest BCUT2D eigenvalue weighted by Gasteiger charge is -2.47. The second kappa shape index (κ2) is 12.6. The van der Waals surface area contributed by atoms with Crippen LogP contribution in [0, 0.1) is 0 Å². The normalized spacial score (nSPS) is 13.6. The molecule has 46 heavy (non-hydrogen) atoms. The van der Waals surface area contributed by atoms with E-state index in [1.165, 1.54) is 33.8 Å². The molecule has 0 unspecified atom stereocenters. The molecule has 0 fully saturated rings. The van der Waals surface area contributed by atoms with Crippen molar-refractivity contribution in [3.8, 4) is 0 Å². The minimum atomic E-state index is 0.00277. The third-order valence-corrected chi connectivity index (χ3v) is 8.48. The van der Waals surface area contributed by atoms with Gasteiger partial charge in [-0.2, -0.15) is 0 Å². The van der Waals surface area contributed by atoms with Crippen molar-refractivity contribution in [1.29, 1.82) is 0 Å². The zero-order valence-electron chi connectivity index (χ0n) is 32.8. The van der Waals surface area contributed by atoms with Gasteiger partial charge in [-0.15, -0.1) is 0 Å². The van der Waals surface area contributed by atoms with Crippen LogP contribution in [0.2, 0.25) is 0 Å². The van der Waals surface area contributed by atoms with Crippen LogP contribution in [0.5, 0.6) is 0 Å². The number of rotatable bonds is 6. The van der Waals surface area contributed by atoms with Crippen molar-refractivity contribution in [1.82, 2.24) is 0 Å². The summed E-state index contributed by atoms with van der Waals surface area (Å²) in [5.74, 6) is 0.116. The summed E-state index contributed by atoms with van der Waals surface area (Å²) in [4.78, 5) is 7.59. The van der Waals surface area contributed by atoms with Crippen LogP contribution in [0.4, 0.5) is 17.1 Å². The lowest BCUT2D eigenvalue weighted by molar-refractivity contribution is 0.380. The third-order valence-electron chi connectivity index (χ3n) is 8.48. The van der Waals surface area contributed by atoms with Gasteiger partial charge in [0.2, 0.25) is 0 Å². The maximum absolute atomic E-state index is 2.53. The minimum absolute atomic E-state index is 0.00277. The smallest absolute Gasteiger partial charge is 0.0375 e. The Morgan fingerprint density at radius 3 is 0.565 bits per heavy atom. The first-order valence-corrected chi connectivity index (χ1v) is 17.3. The monoisotopic (exact) mass is 626 g/mol. The van der Waals surface area contributed by atoms with Gasteiger partial charge in [0, 0.05) is 56.2 Å². The maximum atomic E-state index is 2.53. The molecule has 0 aliphatic carbocycles. The van der Waals surface area contributed by atoms with E-state index in [1.54, 1.807) is 0 Å². The van der Waals surface area contributed by atoms with Crippen LogP contribution >= 0.6 is 0 Å². The Bertz CT molecular complexity index is 1180. The van der Waals surface area contributed by atoms with Crippen LogP contribution < -0.4 is 14.7 Å². The summed E-state index contributed by atoms with van der Waals surface area (Å²) in [7, 11) is 0. The number of hydrogen-bond acceptors (Lipinski definition) is 3. The summed E-state index contributed by atoms with van der Waals surface area (Å²) in [6, 6.07) is 28.0. The molecular weight excluding hydrogens is 558 g/mol. The Kier molecular flexibility index (Phi) is 10.3. The van der Waals surface area contributed by atoms with Gasteiger partial charge < -0.3 is 14.7 Å². The van der Waals surface area contributed by atoms with Crippen LogP contribution in [0.15, 0.2) is 72.8 Å². The maximum Gasteiger partial charge on any atom is 0.0375 e. The molecule has 3 aromatic rings. The van der Waals surface area contributed by atoms with Gasteiger partial charge in [-0.1, -0.05) is 36.4 Å². The van der Waals surface area contributed by atoms with Crippen molar-refractivity contribution in [3.63, 3.8) is 0 Å². The Morgan fingerprint density at radius 1 is 0.283 bits per heavy atom. The molecule has 0 aromatic heterocycles. The van der Waals surface area contributed by atoms with E-state index >= 15 is 0 Å². The first-order valence-electron chi connectivity index (χ1n) is 17.3. The van der Waals surface area contributed by atoms with E-state index in [2.05, 4.69) is 212 Å². The molecular formula is C43H67N3. The predicted molar refractivity (Wildman–Crippen MR) is 206 cm³/mol. The largest absolute Gasteiger partial charge is 0.362 e. The number of hydrogen-bond donors (Lipinski definition) is 0. The number of benzene rings is 3. The molecule has 0 amide bonds. The van der Waals surface area contributed by atoms with Gasteiger partial charge in [0.05, 0.1) is 0 Å². The molecule has 0 N–H and O–H groups in total. The first-order chi connectivity index (χ1) is 20.6. The molecule has 0 heterocycles. The fourth-order valence-electron chi connectivity index (χ4n) is 8.37. The van der Waals surface area contributed by atoms with Gasteiger partial charge in [-0.3, -0.25) is 0 Å². The molecule has 3 aromatic carbocycles. The van der Waals surface area contributed by atoms with Crippen LogP contribution in [-0.4, -0.2) is 33.2 Å². The average molecular weight is 626 g/mol. The second-order valence-corrected chi connectivity index (χ2v) is 19.2. The highest BCUT2D eigenvalue weighted by Gasteiger charge is 2.34. The molecule has 0 radical (unpaired) electrons. The lowest BCUT2D eigenvalue weighted by atomic mass is 9.84. The zero-order chi connectivity index (χ0) is 35.3. The summed E-state index contributed by atoms with van der Waals surface area (Å²) in [6.45, 7) is 41.4. The fraction of sp³-hybridized carbons (Fsp3) is 0.581. The van der Waals surface area contributed by atoms with Gasteiger partial charge >= 0.3 is 0 Å². The highest BCUT2D eigenvalue weighted by molar-refractivity contribution is 5.59. The van der Waals surface area contributed by atoms with Crippen molar-refractivity contribution in [2.24, 2.45) is 0 Å². The lowest BCUT2D eigenvalue weighted by Crippen LogP contribution is -2.53. The van der Waals surface area contributed by atoms with E-state index in [1.807, 2.05) is 0 Å².